The minimum Gasteiger partial charge on any atom is -0.480 e. The van der Waals surface area contributed by atoms with E-state index in [0.717, 1.165) is 0 Å². The molecule has 0 aromatic carbocycles. The Bertz CT molecular complexity index is 405. The molecule has 0 amide bonds. The summed E-state index contributed by atoms with van der Waals surface area (Å²) in [6.07, 6.45) is 0. The van der Waals surface area contributed by atoms with Gasteiger partial charge in [0, 0.05) is 11.1 Å². The number of hydrogen-bond acceptors (Lipinski definition) is 6. The van der Waals surface area contributed by atoms with E-state index >= 15 is 0 Å². The predicted molar refractivity (Wildman–Crippen MR) is 66.5 cm³/mol. The molecule has 1 atom stereocenters. The number of thiazole rings is 1. The second kappa shape index (κ2) is 6.61. The van der Waals surface area contributed by atoms with Crippen LogP contribution in [0.3, 0.4) is 0 Å². The Balaban J connectivity index is 2.51. The molecular formula is C10H13NO4S2. The molecule has 7 heteroatoms. The molecular weight excluding hydrogens is 262 g/mol. The summed E-state index contributed by atoms with van der Waals surface area (Å²) in [6.45, 7) is 3.67. The highest BCUT2D eigenvalue weighted by Crippen LogP contribution is 2.20. The van der Waals surface area contributed by atoms with Gasteiger partial charge >= 0.3 is 11.9 Å². The number of ether oxygens (including phenoxy) is 1. The third-order valence-electron chi connectivity index (χ3n) is 1.83. The molecule has 1 rings (SSSR count). The lowest BCUT2D eigenvalue weighted by atomic mass is 10.5. The lowest BCUT2D eigenvalue weighted by molar-refractivity contribution is -0.136. The molecule has 0 fully saturated rings. The Kier molecular flexibility index (Phi) is 5.43. The first-order valence-corrected chi connectivity index (χ1v) is 6.93. The van der Waals surface area contributed by atoms with Crippen molar-refractivity contribution in [2.75, 3.05) is 6.61 Å². The number of nitrogens with zero attached hydrogens (tertiary/aromatic N) is 1. The summed E-state index contributed by atoms with van der Waals surface area (Å²) in [5.41, 5.74) is 0.705. The number of carbonyl (C=O) groups is 2. The van der Waals surface area contributed by atoms with E-state index in [1.165, 1.54) is 23.1 Å². The zero-order chi connectivity index (χ0) is 12.8. The van der Waals surface area contributed by atoms with Crippen LogP contribution in [0, 0.1) is 0 Å². The van der Waals surface area contributed by atoms with Gasteiger partial charge in [0.2, 0.25) is 5.01 Å². The molecule has 0 spiro atoms. The molecule has 5 nitrogen and oxygen atoms in total. The molecule has 1 heterocycles. The number of aliphatic carboxylic acids is 1. The first-order chi connectivity index (χ1) is 8.04. The largest absolute Gasteiger partial charge is 0.480 e. The summed E-state index contributed by atoms with van der Waals surface area (Å²) in [5, 5.41) is 10.3. The van der Waals surface area contributed by atoms with Crippen molar-refractivity contribution in [2.45, 2.75) is 24.9 Å². The number of carboxylic acid groups (broad SMARTS) is 1. The molecule has 0 bridgehead atoms. The fraction of sp³-hybridized carbons (Fsp3) is 0.500. The van der Waals surface area contributed by atoms with Gasteiger partial charge < -0.3 is 9.84 Å². The van der Waals surface area contributed by atoms with Crippen molar-refractivity contribution >= 4 is 35.0 Å². The Morgan fingerprint density at radius 3 is 2.94 bits per heavy atom. The van der Waals surface area contributed by atoms with Crippen LogP contribution in [0.25, 0.3) is 0 Å². The van der Waals surface area contributed by atoms with E-state index < -0.39 is 17.2 Å². The number of esters is 1. The third kappa shape index (κ3) is 4.35. The smallest absolute Gasteiger partial charge is 0.367 e. The molecule has 1 unspecified atom stereocenters. The first kappa shape index (κ1) is 14.0. The van der Waals surface area contributed by atoms with E-state index in [2.05, 4.69) is 4.98 Å². The molecule has 0 aliphatic heterocycles. The average molecular weight is 275 g/mol. The molecule has 0 aliphatic rings. The maximum atomic E-state index is 11.3. The number of aromatic nitrogens is 1. The number of thioether (sulfide) groups is 1. The Labute approximate surface area is 107 Å². The molecule has 0 aliphatic carbocycles. The fourth-order valence-corrected chi connectivity index (χ4v) is 2.47. The van der Waals surface area contributed by atoms with Gasteiger partial charge in [-0.3, -0.25) is 4.79 Å². The van der Waals surface area contributed by atoms with Crippen molar-refractivity contribution in [3.05, 3.63) is 16.1 Å². The fourth-order valence-electron chi connectivity index (χ4n) is 0.942. The molecule has 94 valence electrons. The van der Waals surface area contributed by atoms with Crippen LogP contribution in [0.1, 0.15) is 29.3 Å². The normalized spacial score (nSPS) is 12.1. The monoisotopic (exact) mass is 275 g/mol. The topological polar surface area (TPSA) is 76.5 Å². The van der Waals surface area contributed by atoms with Gasteiger partial charge in [0.05, 0.1) is 17.6 Å². The lowest BCUT2D eigenvalue weighted by Crippen LogP contribution is -2.11. The zero-order valence-corrected chi connectivity index (χ0v) is 11.1. The summed E-state index contributed by atoms with van der Waals surface area (Å²) in [6, 6.07) is 0. The predicted octanol–water partition coefficient (Wildman–Crippen LogP) is 2.03. The van der Waals surface area contributed by atoms with E-state index in [1.807, 2.05) is 0 Å². The standard InChI is InChI=1S/C10H13NO4S2/c1-3-15-10(14)8-11-7(5-17-8)4-16-6(2)9(12)13/h5-6H,3-4H2,1-2H3,(H,12,13). The highest BCUT2D eigenvalue weighted by molar-refractivity contribution is 7.99. The summed E-state index contributed by atoms with van der Waals surface area (Å²) in [7, 11) is 0. The molecule has 1 aromatic heterocycles. The van der Waals surface area contributed by atoms with Crippen molar-refractivity contribution in [1.29, 1.82) is 0 Å². The molecule has 0 radical (unpaired) electrons. The number of carboxylic acids is 1. The van der Waals surface area contributed by atoms with Gasteiger partial charge in [-0.05, 0) is 13.8 Å². The maximum Gasteiger partial charge on any atom is 0.367 e. The van der Waals surface area contributed by atoms with Crippen molar-refractivity contribution in [3.8, 4) is 0 Å². The van der Waals surface area contributed by atoms with Crippen molar-refractivity contribution in [2.24, 2.45) is 0 Å². The second-order valence-electron chi connectivity index (χ2n) is 3.16. The quantitative estimate of drug-likeness (QED) is 0.800. The van der Waals surface area contributed by atoms with Gasteiger partial charge in [-0.2, -0.15) is 0 Å². The van der Waals surface area contributed by atoms with Gasteiger partial charge in [-0.15, -0.1) is 23.1 Å². The van der Waals surface area contributed by atoms with E-state index in [0.29, 0.717) is 23.1 Å². The summed E-state index contributed by atoms with van der Waals surface area (Å²) in [5.74, 6) is -0.806. The number of carbonyl (C=O) groups excluding carboxylic acids is 1. The van der Waals surface area contributed by atoms with Crippen molar-refractivity contribution in [3.63, 3.8) is 0 Å². The lowest BCUT2D eigenvalue weighted by Gasteiger charge is -2.03. The van der Waals surface area contributed by atoms with Crippen LogP contribution in [0.2, 0.25) is 0 Å². The molecule has 0 saturated carbocycles. The Hall–Kier alpha value is -1.08. The minimum atomic E-state index is -0.851. The molecule has 1 aromatic rings. The van der Waals surface area contributed by atoms with E-state index in [-0.39, 0.29) is 0 Å². The maximum absolute atomic E-state index is 11.3. The van der Waals surface area contributed by atoms with Gasteiger partial charge in [0.15, 0.2) is 0 Å². The number of rotatable bonds is 6. The van der Waals surface area contributed by atoms with Crippen LogP contribution in [0.15, 0.2) is 5.38 Å². The van der Waals surface area contributed by atoms with Crippen LogP contribution < -0.4 is 0 Å². The summed E-state index contributed by atoms with van der Waals surface area (Å²) < 4.78 is 4.81. The summed E-state index contributed by atoms with van der Waals surface area (Å²) in [4.78, 5) is 26.0. The van der Waals surface area contributed by atoms with Gasteiger partial charge in [-0.1, -0.05) is 0 Å². The molecule has 17 heavy (non-hydrogen) atoms. The Morgan fingerprint density at radius 2 is 2.35 bits per heavy atom. The van der Waals surface area contributed by atoms with Crippen LogP contribution in [-0.2, 0) is 15.3 Å². The van der Waals surface area contributed by atoms with Crippen LogP contribution >= 0.6 is 23.1 Å². The van der Waals surface area contributed by atoms with Crippen LogP contribution in [0.4, 0.5) is 0 Å². The van der Waals surface area contributed by atoms with Crippen LogP contribution in [-0.4, -0.2) is 33.9 Å². The van der Waals surface area contributed by atoms with Crippen molar-refractivity contribution in [1.82, 2.24) is 4.98 Å². The summed E-state index contributed by atoms with van der Waals surface area (Å²) >= 11 is 2.48. The Morgan fingerprint density at radius 1 is 1.65 bits per heavy atom. The number of hydrogen-bond donors (Lipinski definition) is 1. The third-order valence-corrected chi connectivity index (χ3v) is 3.87. The second-order valence-corrected chi connectivity index (χ2v) is 5.34. The minimum absolute atomic E-state index is 0.311. The van der Waals surface area contributed by atoms with Gasteiger partial charge in [0.1, 0.15) is 0 Å². The van der Waals surface area contributed by atoms with E-state index in [4.69, 9.17) is 9.84 Å². The van der Waals surface area contributed by atoms with E-state index in [9.17, 15) is 9.59 Å². The SMILES string of the molecule is CCOC(=O)c1nc(CSC(C)C(=O)O)cs1. The van der Waals surface area contributed by atoms with Crippen LogP contribution in [0.5, 0.6) is 0 Å². The van der Waals surface area contributed by atoms with Crippen molar-refractivity contribution < 1.29 is 19.4 Å². The highest BCUT2D eigenvalue weighted by Gasteiger charge is 2.15. The van der Waals surface area contributed by atoms with Gasteiger partial charge in [-0.25, -0.2) is 9.78 Å². The first-order valence-electron chi connectivity index (χ1n) is 5.00. The average Bonchev–Trinajstić information content (AvgIpc) is 2.74. The zero-order valence-electron chi connectivity index (χ0n) is 9.50. The molecule has 0 saturated heterocycles. The van der Waals surface area contributed by atoms with E-state index in [1.54, 1.807) is 19.2 Å². The highest BCUT2D eigenvalue weighted by atomic mass is 32.2. The molecule has 1 N–H and O–H groups in total. The van der Waals surface area contributed by atoms with Gasteiger partial charge in [0.25, 0.3) is 0 Å².